The number of hydrogen-bond acceptors (Lipinski definition) is 3. The van der Waals surface area contributed by atoms with Gasteiger partial charge >= 0.3 is 0 Å². The predicted molar refractivity (Wildman–Crippen MR) is 97.5 cm³/mol. The number of imidazole rings is 1. The second kappa shape index (κ2) is 7.58. The minimum atomic E-state index is 0.164. The van der Waals surface area contributed by atoms with Crippen LogP contribution in [0.25, 0.3) is 11.0 Å². The molecular formula is C17H16Cl2N2OS. The summed E-state index contributed by atoms with van der Waals surface area (Å²) in [5, 5.41) is 10.6. The number of hydrogen-bond donors (Lipinski definition) is 1. The number of benzene rings is 2. The summed E-state index contributed by atoms with van der Waals surface area (Å²) >= 11 is 13.7. The molecule has 0 saturated carbocycles. The number of aliphatic hydroxyl groups is 1. The summed E-state index contributed by atoms with van der Waals surface area (Å²) in [6.45, 7) is 0.905. The maximum Gasteiger partial charge on any atom is 0.120 e. The molecule has 0 aliphatic carbocycles. The van der Waals surface area contributed by atoms with Crippen LogP contribution < -0.4 is 0 Å². The molecule has 0 amide bonds. The number of nitrogens with zero attached hydrogens (tertiary/aromatic N) is 2. The average molecular weight is 367 g/mol. The molecule has 0 saturated heterocycles. The van der Waals surface area contributed by atoms with Crippen LogP contribution in [0.5, 0.6) is 0 Å². The Kier molecular flexibility index (Phi) is 5.49. The van der Waals surface area contributed by atoms with Gasteiger partial charge in [0.05, 0.1) is 16.8 Å². The largest absolute Gasteiger partial charge is 0.396 e. The minimum absolute atomic E-state index is 0.164. The van der Waals surface area contributed by atoms with E-state index in [-0.39, 0.29) is 6.61 Å². The van der Waals surface area contributed by atoms with E-state index in [1.165, 1.54) is 0 Å². The fraction of sp³-hybridized carbons (Fsp3) is 0.235. The smallest absolute Gasteiger partial charge is 0.120 e. The highest BCUT2D eigenvalue weighted by atomic mass is 35.5. The summed E-state index contributed by atoms with van der Waals surface area (Å²) in [5.41, 5.74) is 1.94. The zero-order chi connectivity index (χ0) is 16.2. The number of thioether (sulfide) groups is 1. The maximum atomic E-state index is 9.13. The summed E-state index contributed by atoms with van der Waals surface area (Å²) in [7, 11) is 0. The number of aromatic nitrogens is 2. The van der Waals surface area contributed by atoms with Crippen LogP contribution in [-0.2, 0) is 12.3 Å². The van der Waals surface area contributed by atoms with Crippen molar-refractivity contribution in [3.05, 3.63) is 58.3 Å². The zero-order valence-corrected chi connectivity index (χ0v) is 14.7. The van der Waals surface area contributed by atoms with Crippen molar-refractivity contribution in [2.75, 3.05) is 6.61 Å². The van der Waals surface area contributed by atoms with Gasteiger partial charge in [0.25, 0.3) is 0 Å². The van der Waals surface area contributed by atoms with Gasteiger partial charge in [-0.25, -0.2) is 4.98 Å². The van der Waals surface area contributed by atoms with E-state index in [4.69, 9.17) is 33.3 Å². The van der Waals surface area contributed by atoms with Gasteiger partial charge < -0.3 is 9.67 Å². The molecule has 6 heteroatoms. The van der Waals surface area contributed by atoms with Gasteiger partial charge in [0.15, 0.2) is 0 Å². The summed E-state index contributed by atoms with van der Waals surface area (Å²) in [6, 6.07) is 13.5. The van der Waals surface area contributed by atoms with Crippen molar-refractivity contribution in [2.45, 2.75) is 23.6 Å². The SMILES string of the molecule is OCCCn1c(CSc2ccc(Cl)cc2)nc2cc(Cl)ccc21. The lowest BCUT2D eigenvalue weighted by atomic mass is 10.3. The number of aliphatic hydroxyl groups excluding tert-OH is 1. The Morgan fingerprint density at radius 3 is 2.52 bits per heavy atom. The van der Waals surface area contributed by atoms with Gasteiger partial charge in [-0.3, -0.25) is 0 Å². The Hall–Kier alpha value is -1.20. The first-order valence-electron chi connectivity index (χ1n) is 7.31. The molecule has 3 rings (SSSR count). The molecule has 0 atom stereocenters. The van der Waals surface area contributed by atoms with Crippen LogP contribution in [-0.4, -0.2) is 21.3 Å². The number of halogens is 2. The van der Waals surface area contributed by atoms with Crippen molar-refractivity contribution in [3.63, 3.8) is 0 Å². The van der Waals surface area contributed by atoms with Crippen LogP contribution >= 0.6 is 35.0 Å². The quantitative estimate of drug-likeness (QED) is 0.622. The normalized spacial score (nSPS) is 11.3. The second-order valence-corrected chi connectivity index (χ2v) is 7.05. The molecule has 3 nitrogen and oxygen atoms in total. The van der Waals surface area contributed by atoms with E-state index < -0.39 is 0 Å². The molecule has 1 heterocycles. The Bertz CT molecular complexity index is 802. The highest BCUT2D eigenvalue weighted by Gasteiger charge is 2.11. The molecule has 1 N–H and O–H groups in total. The van der Waals surface area contributed by atoms with Crippen molar-refractivity contribution in [1.82, 2.24) is 9.55 Å². The van der Waals surface area contributed by atoms with Gasteiger partial charge in [-0.15, -0.1) is 11.8 Å². The van der Waals surface area contributed by atoms with Gasteiger partial charge in [0.1, 0.15) is 5.82 Å². The summed E-state index contributed by atoms with van der Waals surface area (Å²) < 4.78 is 2.16. The van der Waals surface area contributed by atoms with Crippen LogP contribution in [0, 0.1) is 0 Å². The first kappa shape index (κ1) is 16.7. The maximum absolute atomic E-state index is 9.13. The van der Waals surface area contributed by atoms with Gasteiger partial charge in [0, 0.05) is 28.1 Å². The molecule has 1 aromatic heterocycles. The van der Waals surface area contributed by atoms with Gasteiger partial charge in [0.2, 0.25) is 0 Å². The topological polar surface area (TPSA) is 38.0 Å². The third-order valence-electron chi connectivity index (χ3n) is 3.51. The third kappa shape index (κ3) is 4.01. The van der Waals surface area contributed by atoms with E-state index in [1.54, 1.807) is 11.8 Å². The molecule has 0 aliphatic rings. The number of aryl methyl sites for hydroxylation is 1. The Morgan fingerprint density at radius 2 is 1.78 bits per heavy atom. The molecule has 23 heavy (non-hydrogen) atoms. The number of rotatable bonds is 6. The molecular weight excluding hydrogens is 351 g/mol. The first-order chi connectivity index (χ1) is 11.2. The Balaban J connectivity index is 1.87. The summed E-state index contributed by atoms with van der Waals surface area (Å²) in [5.74, 6) is 1.73. The third-order valence-corrected chi connectivity index (χ3v) is 5.01. The molecule has 3 aromatic rings. The molecule has 0 unspecified atom stereocenters. The van der Waals surface area contributed by atoms with E-state index in [0.29, 0.717) is 11.4 Å². The predicted octanol–water partition coefficient (Wildman–Crippen LogP) is 5.02. The van der Waals surface area contributed by atoms with E-state index in [9.17, 15) is 0 Å². The Morgan fingerprint density at radius 1 is 1.04 bits per heavy atom. The lowest BCUT2D eigenvalue weighted by molar-refractivity contribution is 0.280. The highest BCUT2D eigenvalue weighted by molar-refractivity contribution is 7.98. The van der Waals surface area contributed by atoms with E-state index in [0.717, 1.165) is 39.1 Å². The minimum Gasteiger partial charge on any atom is -0.396 e. The molecule has 0 spiro atoms. The lowest BCUT2D eigenvalue weighted by Crippen LogP contribution is -2.04. The van der Waals surface area contributed by atoms with Crippen molar-refractivity contribution in [3.8, 4) is 0 Å². The highest BCUT2D eigenvalue weighted by Crippen LogP contribution is 2.27. The number of fused-ring (bicyclic) bond motifs is 1. The second-order valence-electron chi connectivity index (χ2n) is 5.13. The average Bonchev–Trinajstić information content (AvgIpc) is 2.89. The fourth-order valence-electron chi connectivity index (χ4n) is 2.42. The van der Waals surface area contributed by atoms with Crippen LogP contribution in [0.4, 0.5) is 0 Å². The van der Waals surface area contributed by atoms with Gasteiger partial charge in [-0.05, 0) is 48.9 Å². The fourth-order valence-corrected chi connectivity index (χ4v) is 3.56. The van der Waals surface area contributed by atoms with E-state index in [1.807, 2.05) is 42.5 Å². The molecule has 0 radical (unpaired) electrons. The molecule has 0 bridgehead atoms. The van der Waals surface area contributed by atoms with E-state index in [2.05, 4.69) is 4.57 Å². The van der Waals surface area contributed by atoms with Crippen molar-refractivity contribution in [1.29, 1.82) is 0 Å². The standard InChI is InChI=1S/C17H16Cl2N2OS/c18-12-2-5-14(6-3-12)23-11-17-20-15-10-13(19)4-7-16(15)21(17)8-1-9-22/h2-7,10,22H,1,8-9,11H2. The van der Waals surface area contributed by atoms with E-state index >= 15 is 0 Å². The molecule has 0 aliphatic heterocycles. The lowest BCUT2D eigenvalue weighted by Gasteiger charge is -2.08. The van der Waals surface area contributed by atoms with Crippen LogP contribution in [0.1, 0.15) is 12.2 Å². The van der Waals surface area contributed by atoms with Crippen molar-refractivity contribution < 1.29 is 5.11 Å². The first-order valence-corrected chi connectivity index (χ1v) is 9.05. The van der Waals surface area contributed by atoms with Crippen molar-refractivity contribution >= 4 is 46.0 Å². The van der Waals surface area contributed by atoms with Crippen LogP contribution in [0.3, 0.4) is 0 Å². The van der Waals surface area contributed by atoms with Crippen molar-refractivity contribution in [2.24, 2.45) is 0 Å². The van der Waals surface area contributed by atoms with Crippen LogP contribution in [0.2, 0.25) is 10.0 Å². The molecule has 2 aromatic carbocycles. The zero-order valence-electron chi connectivity index (χ0n) is 12.4. The Labute approximate surface area is 149 Å². The molecule has 120 valence electrons. The molecule has 0 fully saturated rings. The summed E-state index contributed by atoms with van der Waals surface area (Å²) in [4.78, 5) is 5.86. The van der Waals surface area contributed by atoms with Gasteiger partial charge in [-0.1, -0.05) is 23.2 Å². The van der Waals surface area contributed by atoms with Crippen LogP contribution in [0.15, 0.2) is 47.4 Å². The monoisotopic (exact) mass is 366 g/mol. The summed E-state index contributed by atoms with van der Waals surface area (Å²) in [6.07, 6.45) is 0.701. The van der Waals surface area contributed by atoms with Gasteiger partial charge in [-0.2, -0.15) is 0 Å².